The second-order valence-electron chi connectivity index (χ2n) is 7.84. The van der Waals surface area contributed by atoms with Gasteiger partial charge in [0, 0.05) is 31.2 Å². The number of hydrogen-bond acceptors (Lipinski definition) is 2. The third-order valence-corrected chi connectivity index (χ3v) is 6.64. The third kappa shape index (κ3) is 1.54. The second kappa shape index (κ2) is 3.96. The minimum atomic E-state index is 0.510. The molecule has 1 N–H and O–H groups in total. The van der Waals surface area contributed by atoms with Crippen molar-refractivity contribution in [3.8, 4) is 0 Å². The average molecular weight is 248 g/mol. The summed E-state index contributed by atoms with van der Waals surface area (Å²) in [4.78, 5) is 2.73. The van der Waals surface area contributed by atoms with E-state index in [-0.39, 0.29) is 0 Å². The van der Waals surface area contributed by atoms with E-state index in [1.54, 1.807) is 6.42 Å². The Balaban J connectivity index is 1.62. The van der Waals surface area contributed by atoms with Gasteiger partial charge in [0.25, 0.3) is 0 Å². The zero-order valence-corrected chi connectivity index (χ0v) is 12.0. The largest absolute Gasteiger partial charge is 0.308 e. The highest BCUT2D eigenvalue weighted by molar-refractivity contribution is 5.13. The van der Waals surface area contributed by atoms with Crippen molar-refractivity contribution in [3.05, 3.63) is 0 Å². The summed E-state index contributed by atoms with van der Waals surface area (Å²) in [7, 11) is 0. The van der Waals surface area contributed by atoms with E-state index in [1.807, 2.05) is 0 Å². The number of nitrogens with zero attached hydrogens (tertiary/aromatic N) is 1. The number of rotatable bonds is 1. The highest BCUT2D eigenvalue weighted by atomic mass is 15.2. The average Bonchev–Trinajstić information content (AvgIpc) is 2.35. The number of nitrogens with one attached hydrogen (secondary N) is 1. The lowest BCUT2D eigenvalue weighted by molar-refractivity contribution is -0.102. The van der Waals surface area contributed by atoms with Gasteiger partial charge in [0.15, 0.2) is 0 Å². The summed E-state index contributed by atoms with van der Waals surface area (Å²) in [6.45, 7) is 8.55. The molecule has 102 valence electrons. The molecule has 4 saturated carbocycles. The first-order valence-corrected chi connectivity index (χ1v) is 8.16. The fraction of sp³-hybridized carbons (Fsp3) is 1.00. The quantitative estimate of drug-likeness (QED) is 0.767. The highest BCUT2D eigenvalue weighted by Crippen LogP contribution is 2.58. The first kappa shape index (κ1) is 11.7. The predicted molar refractivity (Wildman–Crippen MR) is 74.5 cm³/mol. The van der Waals surface area contributed by atoms with Crippen molar-refractivity contribution in [2.45, 2.75) is 57.5 Å². The van der Waals surface area contributed by atoms with E-state index >= 15 is 0 Å². The summed E-state index contributed by atoms with van der Waals surface area (Å²) in [5.74, 6) is 4.18. The Morgan fingerprint density at radius 3 is 2.17 bits per heavy atom. The molecule has 0 atom stereocenters. The van der Waals surface area contributed by atoms with Crippen molar-refractivity contribution >= 4 is 0 Å². The van der Waals surface area contributed by atoms with Crippen LogP contribution in [0.1, 0.15) is 46.0 Å². The molecule has 4 bridgehead atoms. The van der Waals surface area contributed by atoms with Gasteiger partial charge in [0.2, 0.25) is 0 Å². The Kier molecular flexibility index (Phi) is 2.58. The minimum absolute atomic E-state index is 0.510. The Bertz CT molecular complexity index is 308. The second-order valence-corrected chi connectivity index (χ2v) is 7.84. The summed E-state index contributed by atoms with van der Waals surface area (Å²) >= 11 is 0. The van der Waals surface area contributed by atoms with Crippen LogP contribution >= 0.6 is 0 Å². The molecule has 0 aromatic carbocycles. The molecule has 4 aliphatic carbocycles. The van der Waals surface area contributed by atoms with Gasteiger partial charge < -0.3 is 5.32 Å². The van der Waals surface area contributed by atoms with Crippen LogP contribution in [0.15, 0.2) is 0 Å². The van der Waals surface area contributed by atoms with Crippen molar-refractivity contribution in [3.63, 3.8) is 0 Å². The van der Waals surface area contributed by atoms with E-state index in [4.69, 9.17) is 0 Å². The van der Waals surface area contributed by atoms with E-state index in [9.17, 15) is 0 Å². The number of hydrogen-bond donors (Lipinski definition) is 1. The van der Waals surface area contributed by atoms with Crippen LogP contribution in [0.25, 0.3) is 0 Å². The van der Waals surface area contributed by atoms with E-state index in [0.29, 0.717) is 5.54 Å². The SMILES string of the molecule is CC(C)N1CCNC2(C1)C1CC3CC(C1)CC2C3. The van der Waals surface area contributed by atoms with Gasteiger partial charge in [0.05, 0.1) is 0 Å². The molecule has 0 radical (unpaired) electrons. The van der Waals surface area contributed by atoms with Crippen LogP contribution in [-0.2, 0) is 0 Å². The van der Waals surface area contributed by atoms with Gasteiger partial charge in [-0.2, -0.15) is 0 Å². The topological polar surface area (TPSA) is 15.3 Å². The summed E-state index contributed by atoms with van der Waals surface area (Å²) in [6, 6.07) is 0.723. The van der Waals surface area contributed by atoms with Gasteiger partial charge in [-0.05, 0) is 69.6 Å². The van der Waals surface area contributed by atoms with E-state index in [1.165, 1.54) is 45.3 Å². The van der Waals surface area contributed by atoms with Crippen LogP contribution in [0.2, 0.25) is 0 Å². The molecule has 5 fully saturated rings. The van der Waals surface area contributed by atoms with Crippen LogP contribution in [0.5, 0.6) is 0 Å². The van der Waals surface area contributed by atoms with Gasteiger partial charge in [-0.25, -0.2) is 0 Å². The highest BCUT2D eigenvalue weighted by Gasteiger charge is 2.58. The Hall–Kier alpha value is -0.0800. The molecular weight excluding hydrogens is 220 g/mol. The summed E-state index contributed by atoms with van der Waals surface area (Å²) in [5.41, 5.74) is 0.510. The fourth-order valence-electron chi connectivity index (χ4n) is 5.92. The maximum atomic E-state index is 4.02. The molecule has 2 nitrogen and oxygen atoms in total. The van der Waals surface area contributed by atoms with Gasteiger partial charge in [-0.1, -0.05) is 0 Å². The van der Waals surface area contributed by atoms with Gasteiger partial charge in [-0.15, -0.1) is 0 Å². The minimum Gasteiger partial charge on any atom is -0.308 e. The lowest BCUT2D eigenvalue weighted by atomic mass is 9.48. The van der Waals surface area contributed by atoms with Crippen molar-refractivity contribution in [1.82, 2.24) is 10.2 Å². The van der Waals surface area contributed by atoms with Crippen LogP contribution in [0.3, 0.4) is 0 Å². The summed E-state index contributed by atoms with van der Waals surface area (Å²) < 4.78 is 0. The molecule has 0 aromatic rings. The van der Waals surface area contributed by atoms with Crippen molar-refractivity contribution in [2.75, 3.05) is 19.6 Å². The Morgan fingerprint density at radius 1 is 1.00 bits per heavy atom. The number of piperazine rings is 1. The smallest absolute Gasteiger partial charge is 0.0366 e. The fourth-order valence-corrected chi connectivity index (χ4v) is 5.92. The van der Waals surface area contributed by atoms with Crippen LogP contribution in [0.4, 0.5) is 0 Å². The third-order valence-electron chi connectivity index (χ3n) is 6.64. The monoisotopic (exact) mass is 248 g/mol. The van der Waals surface area contributed by atoms with E-state index < -0.39 is 0 Å². The molecule has 1 aliphatic heterocycles. The molecule has 0 unspecified atom stereocenters. The Labute approximate surface area is 111 Å². The van der Waals surface area contributed by atoms with Crippen LogP contribution in [-0.4, -0.2) is 36.1 Å². The summed E-state index contributed by atoms with van der Waals surface area (Å²) in [5, 5.41) is 4.02. The zero-order chi connectivity index (χ0) is 12.3. The predicted octanol–water partition coefficient (Wildman–Crippen LogP) is 2.49. The lowest BCUT2D eigenvalue weighted by Crippen LogP contribution is -2.72. The van der Waals surface area contributed by atoms with E-state index in [0.717, 1.165) is 29.7 Å². The Morgan fingerprint density at radius 2 is 1.61 bits per heavy atom. The van der Waals surface area contributed by atoms with Crippen molar-refractivity contribution in [1.29, 1.82) is 0 Å². The van der Waals surface area contributed by atoms with Crippen LogP contribution < -0.4 is 5.32 Å². The van der Waals surface area contributed by atoms with Gasteiger partial charge >= 0.3 is 0 Å². The molecule has 2 heteroatoms. The summed E-state index contributed by atoms with van der Waals surface area (Å²) in [6.07, 6.45) is 7.70. The van der Waals surface area contributed by atoms with Crippen molar-refractivity contribution in [2.24, 2.45) is 23.7 Å². The zero-order valence-electron chi connectivity index (χ0n) is 12.0. The molecule has 18 heavy (non-hydrogen) atoms. The molecule has 5 aliphatic rings. The first-order chi connectivity index (χ1) is 8.67. The molecule has 0 amide bonds. The molecule has 1 spiro atoms. The molecule has 0 aromatic heterocycles. The molecule has 5 rings (SSSR count). The van der Waals surface area contributed by atoms with Crippen LogP contribution in [0, 0.1) is 23.7 Å². The van der Waals surface area contributed by atoms with Crippen molar-refractivity contribution < 1.29 is 0 Å². The molecule has 1 saturated heterocycles. The van der Waals surface area contributed by atoms with E-state index in [2.05, 4.69) is 24.1 Å². The molecule has 1 heterocycles. The van der Waals surface area contributed by atoms with Gasteiger partial charge in [0.1, 0.15) is 0 Å². The molecular formula is C16H28N2. The lowest BCUT2D eigenvalue weighted by Gasteiger charge is -2.64. The maximum absolute atomic E-state index is 4.02. The maximum Gasteiger partial charge on any atom is 0.0366 e. The standard InChI is InChI=1S/C16H28N2/c1-11(2)18-4-3-17-16(10-18)14-6-12-5-13(8-14)9-15(16)7-12/h11-15,17H,3-10H2,1-2H3. The first-order valence-electron chi connectivity index (χ1n) is 8.16. The van der Waals surface area contributed by atoms with Gasteiger partial charge in [-0.3, -0.25) is 4.90 Å². The normalized spacial score (nSPS) is 51.5.